The van der Waals surface area contributed by atoms with E-state index in [9.17, 15) is 9.18 Å². The van der Waals surface area contributed by atoms with Crippen molar-refractivity contribution in [3.63, 3.8) is 0 Å². The second-order valence-electron chi connectivity index (χ2n) is 7.44. The molecule has 0 saturated carbocycles. The number of pyridine rings is 2. The molecular weight excluding hydrogens is 359 g/mol. The van der Waals surface area contributed by atoms with Gasteiger partial charge >= 0.3 is 0 Å². The number of imidazole rings is 1. The number of carbonyl (C=O) groups is 1. The fraction of sp³-hybridized carbons (Fsp3) is 0.400. The highest BCUT2D eigenvalue weighted by molar-refractivity contribution is 5.96. The minimum atomic E-state index is -0.354. The van der Waals surface area contributed by atoms with Crippen LogP contribution in [0.5, 0.6) is 0 Å². The monoisotopic (exact) mass is 382 g/mol. The quantitative estimate of drug-likeness (QED) is 0.697. The summed E-state index contributed by atoms with van der Waals surface area (Å²) < 4.78 is 15.1. The van der Waals surface area contributed by atoms with Crippen molar-refractivity contribution >= 4 is 22.9 Å². The molecule has 0 spiro atoms. The number of fused-ring (bicyclic) bond motifs is 1. The number of anilines is 1. The van der Waals surface area contributed by atoms with Crippen molar-refractivity contribution in [2.45, 2.75) is 32.9 Å². The minimum absolute atomic E-state index is 0.0490. The van der Waals surface area contributed by atoms with Gasteiger partial charge in [0.2, 0.25) is 0 Å². The molecule has 0 aromatic carbocycles. The molecule has 1 aliphatic rings. The van der Waals surface area contributed by atoms with Gasteiger partial charge < -0.3 is 14.4 Å². The fourth-order valence-corrected chi connectivity index (χ4v) is 3.62. The highest BCUT2D eigenvalue weighted by Gasteiger charge is 2.28. The predicted molar refractivity (Wildman–Crippen MR) is 105 cm³/mol. The van der Waals surface area contributed by atoms with E-state index in [0.29, 0.717) is 25.2 Å². The molecule has 1 amide bonds. The van der Waals surface area contributed by atoms with Crippen LogP contribution in [0.1, 0.15) is 37.2 Å². The van der Waals surface area contributed by atoms with E-state index in [-0.39, 0.29) is 23.8 Å². The van der Waals surface area contributed by atoms with Crippen LogP contribution in [0.2, 0.25) is 0 Å². The van der Waals surface area contributed by atoms with E-state index in [1.54, 1.807) is 18.6 Å². The van der Waals surface area contributed by atoms with E-state index >= 15 is 0 Å². The van der Waals surface area contributed by atoms with Crippen LogP contribution in [-0.2, 0) is 0 Å². The Labute approximate surface area is 162 Å². The van der Waals surface area contributed by atoms with Crippen molar-refractivity contribution in [1.29, 1.82) is 0 Å². The van der Waals surface area contributed by atoms with Gasteiger partial charge in [-0.3, -0.25) is 4.79 Å². The number of aromatic nitrogens is 4. The number of nitrogens with zero attached hydrogens (tertiary/aromatic N) is 6. The number of rotatable bonds is 3. The van der Waals surface area contributed by atoms with Crippen molar-refractivity contribution in [3.05, 3.63) is 48.3 Å². The lowest BCUT2D eigenvalue weighted by Gasteiger charge is -2.40. The molecule has 4 rings (SSSR count). The van der Waals surface area contributed by atoms with Gasteiger partial charge in [0.25, 0.3) is 5.91 Å². The Hall–Kier alpha value is -3.03. The van der Waals surface area contributed by atoms with Crippen LogP contribution in [0.25, 0.3) is 11.2 Å². The summed E-state index contributed by atoms with van der Waals surface area (Å²) in [7, 11) is 0. The second kappa shape index (κ2) is 7.18. The Balaban J connectivity index is 1.50. The zero-order valence-corrected chi connectivity index (χ0v) is 16.2. The average Bonchev–Trinajstić information content (AvgIpc) is 3.11. The first kappa shape index (κ1) is 18.3. The first-order chi connectivity index (χ1) is 13.4. The molecule has 4 heterocycles. The number of hydrogen-bond acceptors (Lipinski definition) is 5. The number of carbonyl (C=O) groups excluding carboxylic acids is 1. The Morgan fingerprint density at radius 1 is 1.18 bits per heavy atom. The molecule has 146 valence electrons. The van der Waals surface area contributed by atoms with Gasteiger partial charge in [-0.1, -0.05) is 0 Å². The number of hydrogen-bond donors (Lipinski definition) is 0. The summed E-state index contributed by atoms with van der Waals surface area (Å²) in [5, 5.41) is 0. The summed E-state index contributed by atoms with van der Waals surface area (Å²) in [4.78, 5) is 29.9. The molecule has 1 atom stereocenters. The lowest BCUT2D eigenvalue weighted by atomic mass is 10.1. The smallest absolute Gasteiger partial charge is 0.255 e. The molecule has 0 radical (unpaired) electrons. The first-order valence-electron chi connectivity index (χ1n) is 9.44. The summed E-state index contributed by atoms with van der Waals surface area (Å²) in [5.41, 5.74) is 2.05. The van der Waals surface area contributed by atoms with E-state index in [2.05, 4.69) is 33.7 Å². The van der Waals surface area contributed by atoms with E-state index in [1.165, 1.54) is 12.3 Å². The zero-order chi connectivity index (χ0) is 19.8. The van der Waals surface area contributed by atoms with Gasteiger partial charge in [0.15, 0.2) is 5.65 Å². The summed E-state index contributed by atoms with van der Waals surface area (Å²) in [6.45, 7) is 7.95. The number of piperazine rings is 1. The van der Waals surface area contributed by atoms with Gasteiger partial charge in [-0.25, -0.2) is 19.3 Å². The highest BCUT2D eigenvalue weighted by Crippen LogP contribution is 2.21. The third-order valence-electron chi connectivity index (χ3n) is 5.14. The van der Waals surface area contributed by atoms with Crippen LogP contribution in [0.4, 0.5) is 10.2 Å². The first-order valence-corrected chi connectivity index (χ1v) is 9.44. The molecule has 1 saturated heterocycles. The molecule has 0 bridgehead atoms. The molecule has 3 aromatic rings. The maximum atomic E-state index is 13.1. The van der Waals surface area contributed by atoms with Crippen molar-refractivity contribution in [2.75, 3.05) is 24.5 Å². The highest BCUT2D eigenvalue weighted by atomic mass is 19.1. The molecule has 8 heteroatoms. The van der Waals surface area contributed by atoms with Gasteiger partial charge in [0.1, 0.15) is 17.2 Å². The van der Waals surface area contributed by atoms with Crippen LogP contribution in [0.3, 0.4) is 0 Å². The van der Waals surface area contributed by atoms with Gasteiger partial charge in [-0.2, -0.15) is 0 Å². The lowest BCUT2D eigenvalue weighted by Crippen LogP contribution is -2.54. The normalized spacial score (nSPS) is 17.5. The van der Waals surface area contributed by atoms with Crippen molar-refractivity contribution < 1.29 is 9.18 Å². The van der Waals surface area contributed by atoms with Crippen molar-refractivity contribution in [1.82, 2.24) is 24.4 Å². The summed E-state index contributed by atoms with van der Waals surface area (Å²) in [5.74, 6) is 0.323. The summed E-state index contributed by atoms with van der Waals surface area (Å²) in [6, 6.07) is 5.22. The molecule has 1 aliphatic heterocycles. The van der Waals surface area contributed by atoms with Crippen LogP contribution in [-0.4, -0.2) is 56.0 Å². The minimum Gasteiger partial charge on any atom is -0.350 e. The summed E-state index contributed by atoms with van der Waals surface area (Å²) >= 11 is 0. The lowest BCUT2D eigenvalue weighted by molar-refractivity contribution is 0.0725. The van der Waals surface area contributed by atoms with E-state index in [0.717, 1.165) is 17.0 Å². The average molecular weight is 382 g/mol. The Bertz CT molecular complexity index is 1000. The van der Waals surface area contributed by atoms with E-state index in [1.807, 2.05) is 22.5 Å². The Morgan fingerprint density at radius 3 is 2.68 bits per heavy atom. The van der Waals surface area contributed by atoms with Crippen LogP contribution >= 0.6 is 0 Å². The Morgan fingerprint density at radius 2 is 2.00 bits per heavy atom. The topological polar surface area (TPSA) is 67.2 Å². The van der Waals surface area contributed by atoms with Crippen molar-refractivity contribution in [2.24, 2.45) is 0 Å². The number of amides is 1. The molecule has 0 aliphatic carbocycles. The Kier molecular flexibility index (Phi) is 4.70. The van der Waals surface area contributed by atoms with Gasteiger partial charge in [-0.05, 0) is 39.0 Å². The van der Waals surface area contributed by atoms with Gasteiger partial charge in [0, 0.05) is 37.9 Å². The van der Waals surface area contributed by atoms with E-state index < -0.39 is 0 Å². The van der Waals surface area contributed by atoms with Gasteiger partial charge in [0.05, 0.1) is 18.1 Å². The molecule has 28 heavy (non-hydrogen) atoms. The predicted octanol–water partition coefficient (Wildman–Crippen LogP) is 2.90. The van der Waals surface area contributed by atoms with Crippen LogP contribution in [0, 0.1) is 5.82 Å². The SMILES string of the molecule is CC1CN(C(=O)c2cnc3c(c2)ncn3C(C)C)CCN1c1ccc(F)cn1. The van der Waals surface area contributed by atoms with Gasteiger partial charge in [-0.15, -0.1) is 0 Å². The van der Waals surface area contributed by atoms with E-state index in [4.69, 9.17) is 0 Å². The molecular formula is C20H23FN6O. The second-order valence-corrected chi connectivity index (χ2v) is 7.44. The third kappa shape index (κ3) is 3.30. The third-order valence-corrected chi connectivity index (χ3v) is 5.14. The maximum Gasteiger partial charge on any atom is 0.255 e. The van der Waals surface area contributed by atoms with Crippen molar-refractivity contribution in [3.8, 4) is 0 Å². The largest absolute Gasteiger partial charge is 0.350 e. The molecule has 1 unspecified atom stereocenters. The molecule has 0 N–H and O–H groups in total. The standard InChI is InChI=1S/C20H23FN6O/c1-13(2)27-12-24-17-8-15(9-23-19(17)27)20(28)25-6-7-26(14(3)11-25)18-5-4-16(21)10-22-18/h4-5,8-10,12-14H,6-7,11H2,1-3H3. The van der Waals surface area contributed by atoms with Crippen LogP contribution < -0.4 is 4.90 Å². The fourth-order valence-electron chi connectivity index (χ4n) is 3.62. The molecule has 1 fully saturated rings. The maximum absolute atomic E-state index is 13.1. The molecule has 3 aromatic heterocycles. The van der Waals surface area contributed by atoms with Crippen LogP contribution in [0.15, 0.2) is 36.9 Å². The summed E-state index contributed by atoms with van der Waals surface area (Å²) in [6.07, 6.45) is 4.60. The molecule has 7 nitrogen and oxygen atoms in total. The number of halogens is 1. The zero-order valence-electron chi connectivity index (χ0n) is 16.2.